The molecule has 11 rings (SSSR count). The Morgan fingerprint density at radius 2 is 1.02 bits per heavy atom. The van der Waals surface area contributed by atoms with Gasteiger partial charge in [0.2, 0.25) is 0 Å². The number of rotatable bonds is 7. The summed E-state index contributed by atoms with van der Waals surface area (Å²) in [7, 11) is 0. The zero-order valence-electron chi connectivity index (χ0n) is 37.3. The first-order chi connectivity index (χ1) is 32.4. The van der Waals surface area contributed by atoms with E-state index in [1.165, 1.54) is 38.9 Å². The van der Waals surface area contributed by atoms with Crippen molar-refractivity contribution in [3.8, 4) is 44.5 Å². The van der Waals surface area contributed by atoms with Gasteiger partial charge in [0.1, 0.15) is 5.70 Å². The molecule has 0 saturated heterocycles. The third-order valence-electron chi connectivity index (χ3n) is 13.7. The Balaban J connectivity index is 1.17. The van der Waals surface area contributed by atoms with E-state index in [0.717, 1.165) is 61.3 Å². The topological polar surface area (TPSA) is 24.7 Å². The van der Waals surface area contributed by atoms with Crippen molar-refractivity contribution in [2.24, 2.45) is 9.98 Å². The van der Waals surface area contributed by atoms with Crippen molar-refractivity contribution >= 4 is 17.2 Å². The summed E-state index contributed by atoms with van der Waals surface area (Å²) in [6.45, 7) is 11.0. The molecule has 2 aliphatic rings. The van der Waals surface area contributed by atoms with Crippen LogP contribution in [-0.2, 0) is 10.8 Å². The third-order valence-corrected chi connectivity index (χ3v) is 13.7. The average molecular weight is 843 g/mol. The lowest BCUT2D eigenvalue weighted by Gasteiger charge is -2.46. The van der Waals surface area contributed by atoms with Gasteiger partial charge in [-0.1, -0.05) is 221 Å². The number of fused-ring (bicyclic) bond motifs is 9. The lowest BCUT2D eigenvalue weighted by atomic mass is 9.55. The third kappa shape index (κ3) is 6.61. The molecule has 0 heterocycles. The van der Waals surface area contributed by atoms with Crippen molar-refractivity contribution in [2.45, 2.75) is 31.6 Å². The molecule has 0 atom stereocenters. The number of hydrogen-bond donors (Lipinski definition) is 0. The number of nitrogens with zero attached hydrogens (tertiary/aromatic N) is 2. The molecular formula is C64H46N2. The van der Waals surface area contributed by atoms with E-state index in [-0.39, 0.29) is 5.41 Å². The molecule has 9 aromatic carbocycles. The van der Waals surface area contributed by atoms with Crippen LogP contribution in [0.1, 0.15) is 70.8 Å². The number of benzene rings is 8. The first-order valence-electron chi connectivity index (χ1n) is 22.6. The van der Waals surface area contributed by atoms with Crippen molar-refractivity contribution in [1.82, 2.24) is 0 Å². The summed E-state index contributed by atoms with van der Waals surface area (Å²) in [4.78, 5) is 11.0. The van der Waals surface area contributed by atoms with E-state index in [0.29, 0.717) is 11.5 Å². The smallest absolute Gasteiger partial charge is 0.161 e. The van der Waals surface area contributed by atoms with Gasteiger partial charge in [0.15, 0.2) is 5.84 Å². The maximum Gasteiger partial charge on any atom is 0.161 e. The minimum atomic E-state index is -0.611. The van der Waals surface area contributed by atoms with Crippen LogP contribution in [0.5, 0.6) is 0 Å². The molecule has 0 saturated carbocycles. The first-order valence-corrected chi connectivity index (χ1v) is 22.6. The molecule has 0 radical (unpaired) electrons. The molecular weight excluding hydrogens is 797 g/mol. The lowest BCUT2D eigenvalue weighted by molar-refractivity contribution is 0.563. The normalized spacial score (nSPS) is 14.0. The van der Waals surface area contributed by atoms with Crippen molar-refractivity contribution in [3.63, 3.8) is 0 Å². The Labute approximate surface area is 388 Å². The van der Waals surface area contributed by atoms with Crippen LogP contribution in [-0.4, -0.2) is 11.5 Å². The van der Waals surface area contributed by atoms with Crippen LogP contribution in [0.3, 0.4) is 0 Å². The molecule has 0 aromatic heterocycles. The fourth-order valence-corrected chi connectivity index (χ4v) is 10.5. The second-order valence-electron chi connectivity index (χ2n) is 17.7. The summed E-state index contributed by atoms with van der Waals surface area (Å²) in [6, 6.07) is 82.2. The standard InChI is InChI=1S/C64H46N2/c1-5-60(50-24-13-8-14-25-50)66-62(65-43(2)44-32-34-47(35-33-44)45-20-9-6-10-21-45)52-26-19-31-59-61(52)53-42-51(49-38-36-48(37-39-49)46-22-11-7-12-23-46)40-41-54(53)64(59)57-29-17-15-27-55(57)63(3,4)56-28-16-18-30-58(56)64/h6,8-11,13-42H,1H2,2-4H3. The molecule has 1 spiro atoms. The van der Waals surface area contributed by atoms with E-state index in [1.807, 2.05) is 36.4 Å². The Morgan fingerprint density at radius 1 is 0.470 bits per heavy atom. The molecule has 0 bridgehead atoms. The van der Waals surface area contributed by atoms with Crippen molar-refractivity contribution < 1.29 is 0 Å². The van der Waals surface area contributed by atoms with E-state index in [9.17, 15) is 0 Å². The summed E-state index contributed by atoms with van der Waals surface area (Å²) in [5.74, 6) is 0.596. The van der Waals surface area contributed by atoms with E-state index < -0.39 is 5.41 Å². The van der Waals surface area contributed by atoms with Crippen LogP contribution >= 0.6 is 0 Å². The predicted molar refractivity (Wildman–Crippen MR) is 274 cm³/mol. The molecule has 0 N–H and O–H groups in total. The zero-order chi connectivity index (χ0) is 44.8. The van der Waals surface area contributed by atoms with Gasteiger partial charge in [0, 0.05) is 22.3 Å². The van der Waals surface area contributed by atoms with Gasteiger partial charge in [-0.2, -0.15) is 0 Å². The van der Waals surface area contributed by atoms with Gasteiger partial charge in [0.05, 0.1) is 5.41 Å². The molecule has 0 fully saturated rings. The van der Waals surface area contributed by atoms with Gasteiger partial charge in [-0.05, 0) is 115 Å². The Bertz CT molecular complexity index is 3350. The van der Waals surface area contributed by atoms with Gasteiger partial charge in [0.25, 0.3) is 0 Å². The largest absolute Gasteiger partial charge is 0.233 e. The highest BCUT2D eigenvalue weighted by Gasteiger charge is 2.54. The highest BCUT2D eigenvalue weighted by Crippen LogP contribution is 2.63. The maximum atomic E-state index is 5.52. The Kier molecular flexibility index (Phi) is 10.0. The summed E-state index contributed by atoms with van der Waals surface area (Å²) in [6.07, 6.45) is 0. The molecule has 9 aromatic rings. The van der Waals surface area contributed by atoms with Crippen LogP contribution in [0, 0.1) is 12.1 Å². The molecule has 0 amide bonds. The van der Waals surface area contributed by atoms with Crippen LogP contribution in [0.4, 0.5) is 0 Å². The van der Waals surface area contributed by atoms with Gasteiger partial charge >= 0.3 is 0 Å². The van der Waals surface area contributed by atoms with Gasteiger partial charge < -0.3 is 0 Å². The second kappa shape index (κ2) is 16.3. The summed E-state index contributed by atoms with van der Waals surface area (Å²) >= 11 is 0. The zero-order valence-corrected chi connectivity index (χ0v) is 37.3. The highest BCUT2D eigenvalue weighted by atomic mass is 14.9. The second-order valence-corrected chi connectivity index (χ2v) is 17.7. The predicted octanol–water partition coefficient (Wildman–Crippen LogP) is 15.4. The van der Waals surface area contributed by atoms with Crippen molar-refractivity contribution in [3.05, 3.63) is 287 Å². The van der Waals surface area contributed by atoms with Crippen LogP contribution < -0.4 is 0 Å². The van der Waals surface area contributed by atoms with E-state index in [2.05, 4.69) is 221 Å². The van der Waals surface area contributed by atoms with Crippen LogP contribution in [0.2, 0.25) is 0 Å². The number of hydrogen-bond acceptors (Lipinski definition) is 1. The van der Waals surface area contributed by atoms with E-state index >= 15 is 0 Å². The lowest BCUT2D eigenvalue weighted by Crippen LogP contribution is -2.40. The Hall–Kier alpha value is -8.34. The molecule has 66 heavy (non-hydrogen) atoms. The molecule has 0 aliphatic heterocycles. The quantitative estimate of drug-likeness (QED) is 0.0868. The number of aliphatic imine (C=N–C) groups is 2. The minimum Gasteiger partial charge on any atom is -0.233 e. The van der Waals surface area contributed by atoms with Gasteiger partial charge in [-0.15, -0.1) is 5.73 Å². The minimum absolute atomic E-state index is 0.224. The van der Waals surface area contributed by atoms with E-state index in [1.54, 1.807) is 0 Å². The summed E-state index contributed by atoms with van der Waals surface area (Å²) in [5.41, 5.74) is 23.6. The molecule has 2 nitrogen and oxygen atoms in total. The molecule has 0 unspecified atom stereocenters. The number of amidine groups is 1. The molecule has 312 valence electrons. The average Bonchev–Trinajstić information content (AvgIpc) is 3.68. The van der Waals surface area contributed by atoms with Crippen LogP contribution in [0.15, 0.2) is 235 Å². The monoisotopic (exact) mass is 842 g/mol. The summed E-state index contributed by atoms with van der Waals surface area (Å²) < 4.78 is 0. The highest BCUT2D eigenvalue weighted by molar-refractivity contribution is 6.16. The molecule has 2 aliphatic carbocycles. The maximum absolute atomic E-state index is 5.52. The summed E-state index contributed by atoms with van der Waals surface area (Å²) in [5, 5.41) is 0. The molecule has 2 heteroatoms. The van der Waals surface area contributed by atoms with Gasteiger partial charge in [-0.3, -0.25) is 0 Å². The Morgan fingerprint density at radius 3 is 1.65 bits per heavy atom. The van der Waals surface area contributed by atoms with Crippen LogP contribution in [0.25, 0.3) is 50.2 Å². The first kappa shape index (κ1) is 40.4. The van der Waals surface area contributed by atoms with Crippen molar-refractivity contribution in [1.29, 1.82) is 0 Å². The SMILES string of the molecule is C=C=C(N=C(N=C(C)c1ccc(-c2ccccc2)cc1)c1cccc2c1-c1cc(-c3ccc(-c4cc#ccc4)cc3)ccc1C21c2ccccc2C(C)(C)c2ccccc21)c1ccccc1. The van der Waals surface area contributed by atoms with E-state index in [4.69, 9.17) is 9.98 Å². The fourth-order valence-electron chi connectivity index (χ4n) is 10.5. The van der Waals surface area contributed by atoms with Crippen molar-refractivity contribution in [2.75, 3.05) is 0 Å². The van der Waals surface area contributed by atoms with Gasteiger partial charge in [-0.25, -0.2) is 9.98 Å². The fraction of sp³-hybridized carbons (Fsp3) is 0.0781.